The molecule has 0 unspecified atom stereocenters. The molecule has 0 radical (unpaired) electrons. The molecule has 0 atom stereocenters. The molecule has 0 aliphatic heterocycles. The van der Waals surface area contributed by atoms with Crippen LogP contribution in [0.4, 0.5) is 5.69 Å². The zero-order valence-corrected chi connectivity index (χ0v) is 12.9. The van der Waals surface area contributed by atoms with Crippen LogP contribution in [-0.4, -0.2) is 10.5 Å². The van der Waals surface area contributed by atoms with Gasteiger partial charge in [-0.3, -0.25) is 9.59 Å². The number of amides is 1. The molecule has 0 fully saturated rings. The number of aryl methyl sites for hydroxylation is 2. The second-order valence-electron chi connectivity index (χ2n) is 4.66. The third-order valence-electron chi connectivity index (χ3n) is 2.91. The van der Waals surface area contributed by atoms with E-state index in [1.807, 2.05) is 38.1 Å². The van der Waals surface area contributed by atoms with Crippen LogP contribution >= 0.6 is 15.9 Å². The fourth-order valence-corrected chi connectivity index (χ4v) is 2.50. The topological polar surface area (TPSA) is 51.1 Å². The Morgan fingerprint density at radius 2 is 2.00 bits per heavy atom. The summed E-state index contributed by atoms with van der Waals surface area (Å²) in [6.45, 7) is 3.79. The highest BCUT2D eigenvalue weighted by atomic mass is 79.9. The minimum atomic E-state index is -0.223. The van der Waals surface area contributed by atoms with Crippen molar-refractivity contribution in [1.82, 2.24) is 4.57 Å². The lowest BCUT2D eigenvalue weighted by Crippen LogP contribution is -2.28. The predicted molar refractivity (Wildman–Crippen MR) is 82.9 cm³/mol. The summed E-state index contributed by atoms with van der Waals surface area (Å²) in [5.41, 5.74) is 2.45. The SMILES string of the molecule is Cc1cc(Br)c(=O)n(CC(=O)Nc2ccccc2C)c1. The van der Waals surface area contributed by atoms with Gasteiger partial charge in [0.25, 0.3) is 5.56 Å². The first-order valence-corrected chi connectivity index (χ1v) is 6.99. The normalized spacial score (nSPS) is 10.3. The summed E-state index contributed by atoms with van der Waals surface area (Å²) < 4.78 is 1.86. The lowest BCUT2D eigenvalue weighted by atomic mass is 10.2. The van der Waals surface area contributed by atoms with E-state index in [9.17, 15) is 9.59 Å². The highest BCUT2D eigenvalue weighted by Crippen LogP contribution is 2.13. The van der Waals surface area contributed by atoms with Crippen LogP contribution in [0.1, 0.15) is 11.1 Å². The summed E-state index contributed by atoms with van der Waals surface area (Å²) in [6, 6.07) is 9.26. The fraction of sp³-hybridized carbons (Fsp3) is 0.200. The summed E-state index contributed by atoms with van der Waals surface area (Å²) in [4.78, 5) is 23.9. The summed E-state index contributed by atoms with van der Waals surface area (Å²) in [6.07, 6.45) is 1.67. The number of hydrogen-bond acceptors (Lipinski definition) is 2. The van der Waals surface area contributed by atoms with Crippen molar-refractivity contribution in [1.29, 1.82) is 0 Å². The van der Waals surface area contributed by atoms with E-state index in [0.717, 1.165) is 16.8 Å². The summed E-state index contributed by atoms with van der Waals surface area (Å²) in [5, 5.41) is 2.81. The van der Waals surface area contributed by atoms with Gasteiger partial charge in [-0.2, -0.15) is 0 Å². The molecular formula is C15H15BrN2O2. The molecular weight excluding hydrogens is 320 g/mol. The molecule has 2 aromatic rings. The monoisotopic (exact) mass is 334 g/mol. The summed E-state index contributed by atoms with van der Waals surface area (Å²) in [7, 11) is 0. The molecule has 104 valence electrons. The van der Waals surface area contributed by atoms with Crippen molar-refractivity contribution in [2.24, 2.45) is 0 Å². The second kappa shape index (κ2) is 6.05. The Labute approximate surface area is 125 Å². The van der Waals surface area contributed by atoms with Crippen molar-refractivity contribution < 1.29 is 4.79 Å². The lowest BCUT2D eigenvalue weighted by Gasteiger charge is -2.10. The minimum Gasteiger partial charge on any atom is -0.324 e. The lowest BCUT2D eigenvalue weighted by molar-refractivity contribution is -0.116. The van der Waals surface area contributed by atoms with Crippen molar-refractivity contribution >= 4 is 27.5 Å². The van der Waals surface area contributed by atoms with Gasteiger partial charge in [0.1, 0.15) is 6.54 Å². The fourth-order valence-electron chi connectivity index (χ4n) is 1.92. The third-order valence-corrected chi connectivity index (χ3v) is 3.48. The molecule has 0 saturated heterocycles. The van der Waals surface area contributed by atoms with E-state index >= 15 is 0 Å². The van der Waals surface area contributed by atoms with Crippen LogP contribution in [0.2, 0.25) is 0 Å². The first-order valence-electron chi connectivity index (χ1n) is 6.19. The molecule has 0 saturated carbocycles. The number of hydrogen-bond donors (Lipinski definition) is 1. The predicted octanol–water partition coefficient (Wildman–Crippen LogP) is 2.87. The first kappa shape index (κ1) is 14.5. The van der Waals surface area contributed by atoms with Crippen LogP contribution in [0, 0.1) is 13.8 Å². The van der Waals surface area contributed by atoms with Crippen molar-refractivity contribution in [2.45, 2.75) is 20.4 Å². The maximum atomic E-state index is 12.0. The zero-order chi connectivity index (χ0) is 14.7. The highest BCUT2D eigenvalue weighted by Gasteiger charge is 2.08. The van der Waals surface area contributed by atoms with Crippen LogP contribution in [0.5, 0.6) is 0 Å². The molecule has 4 nitrogen and oxygen atoms in total. The largest absolute Gasteiger partial charge is 0.324 e. The van der Waals surface area contributed by atoms with Crippen LogP contribution in [0.25, 0.3) is 0 Å². The number of rotatable bonds is 3. The Balaban J connectivity index is 2.17. The third kappa shape index (κ3) is 3.36. The first-order chi connectivity index (χ1) is 9.47. The Morgan fingerprint density at radius 1 is 1.30 bits per heavy atom. The maximum absolute atomic E-state index is 12.0. The van der Waals surface area contributed by atoms with Crippen LogP contribution in [0.15, 0.2) is 45.8 Å². The van der Waals surface area contributed by atoms with Gasteiger partial charge in [-0.1, -0.05) is 18.2 Å². The van der Waals surface area contributed by atoms with E-state index in [-0.39, 0.29) is 18.0 Å². The smallest absolute Gasteiger partial charge is 0.265 e. The molecule has 0 aliphatic rings. The van der Waals surface area contributed by atoms with Gasteiger partial charge in [-0.15, -0.1) is 0 Å². The number of pyridine rings is 1. The molecule has 1 N–H and O–H groups in total. The molecule has 0 spiro atoms. The van der Waals surface area contributed by atoms with Crippen LogP contribution in [0.3, 0.4) is 0 Å². The van der Waals surface area contributed by atoms with Gasteiger partial charge >= 0.3 is 0 Å². The Kier molecular flexibility index (Phi) is 4.39. The van der Waals surface area contributed by atoms with Gasteiger partial charge in [-0.05, 0) is 53.0 Å². The summed E-state index contributed by atoms with van der Waals surface area (Å²) in [5.74, 6) is -0.223. The standard InChI is InChI=1S/C15H15BrN2O2/c1-10-7-12(16)15(20)18(8-10)9-14(19)17-13-6-4-3-5-11(13)2/h3-8H,9H2,1-2H3,(H,17,19). The molecule has 20 heavy (non-hydrogen) atoms. The molecule has 1 heterocycles. The summed E-state index contributed by atoms with van der Waals surface area (Å²) >= 11 is 3.20. The van der Waals surface area contributed by atoms with E-state index in [2.05, 4.69) is 21.2 Å². The van der Waals surface area contributed by atoms with E-state index in [0.29, 0.717) is 4.47 Å². The molecule has 1 aromatic heterocycles. The Morgan fingerprint density at radius 3 is 2.70 bits per heavy atom. The van der Waals surface area contributed by atoms with Crippen molar-refractivity contribution in [3.63, 3.8) is 0 Å². The van der Waals surface area contributed by atoms with E-state index in [1.165, 1.54) is 4.57 Å². The van der Waals surface area contributed by atoms with Gasteiger partial charge in [0.2, 0.25) is 5.91 Å². The Hall–Kier alpha value is -1.88. The quantitative estimate of drug-likeness (QED) is 0.938. The van der Waals surface area contributed by atoms with Gasteiger partial charge in [0.05, 0.1) is 4.47 Å². The van der Waals surface area contributed by atoms with E-state index < -0.39 is 0 Å². The number of para-hydroxylation sites is 1. The number of carbonyl (C=O) groups is 1. The number of aromatic nitrogens is 1. The van der Waals surface area contributed by atoms with Gasteiger partial charge in [-0.25, -0.2) is 0 Å². The van der Waals surface area contributed by atoms with Crippen molar-refractivity contribution in [3.05, 3.63) is 62.5 Å². The average molecular weight is 335 g/mol. The molecule has 0 bridgehead atoms. The average Bonchev–Trinajstić information content (AvgIpc) is 2.38. The second-order valence-corrected chi connectivity index (χ2v) is 5.52. The number of nitrogens with zero attached hydrogens (tertiary/aromatic N) is 1. The number of carbonyl (C=O) groups excluding carboxylic acids is 1. The van der Waals surface area contributed by atoms with Gasteiger partial charge in [0, 0.05) is 11.9 Å². The molecule has 5 heteroatoms. The van der Waals surface area contributed by atoms with E-state index in [4.69, 9.17) is 0 Å². The van der Waals surface area contributed by atoms with Crippen molar-refractivity contribution in [2.75, 3.05) is 5.32 Å². The number of halogens is 1. The zero-order valence-electron chi connectivity index (χ0n) is 11.3. The van der Waals surface area contributed by atoms with E-state index in [1.54, 1.807) is 12.3 Å². The van der Waals surface area contributed by atoms with Gasteiger partial charge < -0.3 is 9.88 Å². The van der Waals surface area contributed by atoms with Crippen LogP contribution < -0.4 is 10.9 Å². The number of anilines is 1. The maximum Gasteiger partial charge on any atom is 0.265 e. The van der Waals surface area contributed by atoms with Crippen molar-refractivity contribution in [3.8, 4) is 0 Å². The Bertz CT molecular complexity index is 707. The van der Waals surface area contributed by atoms with Gasteiger partial charge in [0.15, 0.2) is 0 Å². The molecule has 0 aliphatic carbocycles. The number of nitrogens with one attached hydrogen (secondary N) is 1. The molecule has 1 amide bonds. The minimum absolute atomic E-state index is 0.00650. The van der Waals surface area contributed by atoms with Crippen LogP contribution in [-0.2, 0) is 11.3 Å². The molecule has 1 aromatic carbocycles. The molecule has 2 rings (SSSR count). The number of benzene rings is 1. The highest BCUT2D eigenvalue weighted by molar-refractivity contribution is 9.10.